The van der Waals surface area contributed by atoms with Crippen molar-refractivity contribution >= 4 is 5.91 Å². The van der Waals surface area contributed by atoms with E-state index in [0.717, 1.165) is 63.1 Å². The highest BCUT2D eigenvalue weighted by Gasteiger charge is 2.34. The number of amides is 1. The van der Waals surface area contributed by atoms with E-state index in [1.54, 1.807) is 0 Å². The number of aromatic nitrogens is 3. The van der Waals surface area contributed by atoms with Crippen molar-refractivity contribution in [3.8, 4) is 0 Å². The Kier molecular flexibility index (Phi) is 4.00. The molecule has 0 aromatic carbocycles. The van der Waals surface area contributed by atoms with Gasteiger partial charge in [-0.15, -0.1) is 0 Å². The van der Waals surface area contributed by atoms with Crippen LogP contribution < -0.4 is 5.32 Å². The zero-order valence-corrected chi connectivity index (χ0v) is 14.7. The maximum absolute atomic E-state index is 12.1. The van der Waals surface area contributed by atoms with E-state index < -0.39 is 0 Å². The van der Waals surface area contributed by atoms with Crippen LogP contribution in [0.5, 0.6) is 0 Å². The number of rotatable bonds is 5. The highest BCUT2D eigenvalue weighted by Crippen LogP contribution is 2.34. The lowest BCUT2D eigenvalue weighted by molar-refractivity contribution is 0.0937. The van der Waals surface area contributed by atoms with Gasteiger partial charge in [0.05, 0.1) is 6.04 Å². The van der Waals surface area contributed by atoms with Crippen LogP contribution in [0, 0.1) is 0 Å². The lowest BCUT2D eigenvalue weighted by Gasteiger charge is -2.21. The van der Waals surface area contributed by atoms with E-state index in [-0.39, 0.29) is 23.8 Å². The van der Waals surface area contributed by atoms with Gasteiger partial charge in [0.2, 0.25) is 5.89 Å². The first-order chi connectivity index (χ1) is 12.8. The SMILES string of the molecule is O=C(NC1CC1)c1noc([C@@H]2CCCN2Cc2noc3c2CCCC3)n1. The lowest BCUT2D eigenvalue weighted by Crippen LogP contribution is -2.27. The van der Waals surface area contributed by atoms with Gasteiger partial charge in [-0.2, -0.15) is 4.98 Å². The molecule has 0 radical (unpaired) electrons. The van der Waals surface area contributed by atoms with Gasteiger partial charge in [-0.25, -0.2) is 0 Å². The average Bonchev–Trinajstić information content (AvgIpc) is 3.07. The molecule has 1 amide bonds. The fourth-order valence-electron chi connectivity index (χ4n) is 4.00. The number of nitrogens with one attached hydrogen (secondary N) is 1. The minimum absolute atomic E-state index is 0.0425. The van der Waals surface area contributed by atoms with Crippen molar-refractivity contribution in [3.63, 3.8) is 0 Å². The van der Waals surface area contributed by atoms with Crippen molar-refractivity contribution in [2.24, 2.45) is 0 Å². The largest absolute Gasteiger partial charge is 0.361 e. The van der Waals surface area contributed by atoms with Crippen molar-refractivity contribution in [1.29, 1.82) is 0 Å². The Morgan fingerprint density at radius 2 is 2.00 bits per heavy atom. The Morgan fingerprint density at radius 3 is 2.88 bits per heavy atom. The second kappa shape index (κ2) is 6.50. The molecule has 8 nitrogen and oxygen atoms in total. The number of aryl methyl sites for hydroxylation is 1. The molecule has 3 heterocycles. The summed E-state index contributed by atoms with van der Waals surface area (Å²) in [4.78, 5) is 18.8. The lowest BCUT2D eigenvalue weighted by atomic mass is 9.96. The summed E-state index contributed by atoms with van der Waals surface area (Å²) in [6, 6.07) is 0.326. The van der Waals surface area contributed by atoms with E-state index in [2.05, 4.69) is 25.5 Å². The number of carbonyl (C=O) groups excluding carboxylic acids is 1. The minimum Gasteiger partial charge on any atom is -0.361 e. The number of carbonyl (C=O) groups is 1. The van der Waals surface area contributed by atoms with Crippen molar-refractivity contribution in [3.05, 3.63) is 28.7 Å². The average molecular weight is 357 g/mol. The van der Waals surface area contributed by atoms with Gasteiger partial charge in [0, 0.05) is 24.6 Å². The maximum atomic E-state index is 12.1. The first-order valence-corrected chi connectivity index (χ1v) is 9.63. The Morgan fingerprint density at radius 1 is 1.12 bits per heavy atom. The molecule has 0 spiro atoms. The third-order valence-corrected chi connectivity index (χ3v) is 5.59. The summed E-state index contributed by atoms with van der Waals surface area (Å²) in [7, 11) is 0. The standard InChI is InChI=1S/C18H23N5O3/c24-17(19-11-7-8-11)16-20-18(26-22-16)14-5-3-9-23(14)10-13-12-4-1-2-6-15(12)25-21-13/h11,14H,1-10H2,(H,19,24)/t14-/m0/s1. The monoisotopic (exact) mass is 357 g/mol. The molecule has 0 unspecified atom stereocenters. The number of hydrogen-bond acceptors (Lipinski definition) is 7. The molecular weight excluding hydrogens is 334 g/mol. The van der Waals surface area contributed by atoms with E-state index in [1.165, 1.54) is 18.4 Å². The zero-order valence-electron chi connectivity index (χ0n) is 14.7. The molecule has 0 bridgehead atoms. The molecule has 138 valence electrons. The molecule has 1 saturated heterocycles. The van der Waals surface area contributed by atoms with Crippen LogP contribution in [0.15, 0.2) is 9.05 Å². The van der Waals surface area contributed by atoms with Crippen LogP contribution in [0.4, 0.5) is 0 Å². The predicted octanol–water partition coefficient (Wildman–Crippen LogP) is 2.17. The van der Waals surface area contributed by atoms with Gasteiger partial charge in [0.1, 0.15) is 11.5 Å². The molecule has 26 heavy (non-hydrogen) atoms. The van der Waals surface area contributed by atoms with E-state index in [1.807, 2.05) is 0 Å². The molecule has 1 aliphatic heterocycles. The van der Waals surface area contributed by atoms with Gasteiger partial charge in [0.15, 0.2) is 0 Å². The maximum Gasteiger partial charge on any atom is 0.292 e. The summed E-state index contributed by atoms with van der Waals surface area (Å²) in [6.07, 6.45) is 8.52. The van der Waals surface area contributed by atoms with Crippen LogP contribution in [0.1, 0.15) is 78.1 Å². The summed E-state index contributed by atoms with van der Waals surface area (Å²) in [5.74, 6) is 1.48. The third kappa shape index (κ3) is 3.02. The van der Waals surface area contributed by atoms with Crippen molar-refractivity contribution in [2.75, 3.05) is 6.54 Å². The third-order valence-electron chi connectivity index (χ3n) is 5.59. The van der Waals surface area contributed by atoms with Gasteiger partial charge in [0.25, 0.3) is 11.7 Å². The Bertz CT molecular complexity index is 810. The van der Waals surface area contributed by atoms with Crippen LogP contribution in [-0.2, 0) is 19.4 Å². The molecule has 2 aromatic rings. The number of likely N-dealkylation sites (tertiary alicyclic amines) is 1. The summed E-state index contributed by atoms with van der Waals surface area (Å²) >= 11 is 0. The van der Waals surface area contributed by atoms with Gasteiger partial charge < -0.3 is 14.4 Å². The second-order valence-corrected chi connectivity index (χ2v) is 7.57. The Labute approximate surface area is 151 Å². The van der Waals surface area contributed by atoms with Crippen molar-refractivity contribution in [1.82, 2.24) is 25.5 Å². The second-order valence-electron chi connectivity index (χ2n) is 7.57. The Balaban J connectivity index is 1.30. The summed E-state index contributed by atoms with van der Waals surface area (Å²) in [6.45, 7) is 1.69. The molecule has 8 heteroatoms. The van der Waals surface area contributed by atoms with Gasteiger partial charge in [-0.1, -0.05) is 10.3 Å². The van der Waals surface area contributed by atoms with Crippen LogP contribution >= 0.6 is 0 Å². The van der Waals surface area contributed by atoms with Crippen LogP contribution in [0.25, 0.3) is 0 Å². The summed E-state index contributed by atoms with van der Waals surface area (Å²) < 4.78 is 11.0. The van der Waals surface area contributed by atoms with Gasteiger partial charge in [-0.3, -0.25) is 9.69 Å². The van der Waals surface area contributed by atoms with E-state index >= 15 is 0 Å². The fourth-order valence-corrected chi connectivity index (χ4v) is 4.00. The smallest absolute Gasteiger partial charge is 0.292 e. The first-order valence-electron chi connectivity index (χ1n) is 9.63. The summed E-state index contributed by atoms with van der Waals surface area (Å²) in [5.41, 5.74) is 2.33. The van der Waals surface area contributed by atoms with Crippen molar-refractivity contribution in [2.45, 2.75) is 70.0 Å². The molecule has 2 aliphatic carbocycles. The molecule has 3 aliphatic rings. The molecule has 5 rings (SSSR count). The zero-order chi connectivity index (χ0) is 17.5. The predicted molar refractivity (Wildman–Crippen MR) is 90.3 cm³/mol. The van der Waals surface area contributed by atoms with Crippen LogP contribution in [0.2, 0.25) is 0 Å². The van der Waals surface area contributed by atoms with Crippen LogP contribution in [0.3, 0.4) is 0 Å². The van der Waals surface area contributed by atoms with E-state index in [9.17, 15) is 4.79 Å². The number of fused-ring (bicyclic) bond motifs is 1. The van der Waals surface area contributed by atoms with Crippen LogP contribution in [-0.4, -0.2) is 38.7 Å². The molecule has 1 atom stereocenters. The molecular formula is C18H23N5O3. The van der Waals surface area contributed by atoms with E-state index in [4.69, 9.17) is 9.05 Å². The quantitative estimate of drug-likeness (QED) is 0.876. The van der Waals surface area contributed by atoms with Gasteiger partial charge in [-0.05, 0) is 51.5 Å². The highest BCUT2D eigenvalue weighted by atomic mass is 16.5. The number of hydrogen-bond donors (Lipinski definition) is 1. The molecule has 1 N–H and O–H groups in total. The fraction of sp³-hybridized carbons (Fsp3) is 0.667. The van der Waals surface area contributed by atoms with Gasteiger partial charge >= 0.3 is 0 Å². The normalized spacial score (nSPS) is 23.2. The number of nitrogens with zero attached hydrogens (tertiary/aromatic N) is 4. The minimum atomic E-state index is -0.238. The topological polar surface area (TPSA) is 97.3 Å². The molecule has 2 aromatic heterocycles. The summed E-state index contributed by atoms with van der Waals surface area (Å²) in [5, 5.41) is 11.1. The highest BCUT2D eigenvalue weighted by molar-refractivity contribution is 5.90. The first kappa shape index (κ1) is 16.0. The molecule has 1 saturated carbocycles. The molecule has 2 fully saturated rings. The van der Waals surface area contributed by atoms with Crippen molar-refractivity contribution < 1.29 is 13.8 Å². The van der Waals surface area contributed by atoms with E-state index in [0.29, 0.717) is 5.89 Å². The Hall–Kier alpha value is -2.22.